The Labute approximate surface area is 111 Å². The molecule has 0 amide bonds. The van der Waals surface area contributed by atoms with Gasteiger partial charge in [-0.2, -0.15) is 0 Å². The highest BCUT2D eigenvalue weighted by Crippen LogP contribution is 2.28. The molecule has 0 aromatic carbocycles. The number of nitrogens with one attached hydrogen (secondary N) is 1. The van der Waals surface area contributed by atoms with Gasteiger partial charge in [-0.05, 0) is 49.1 Å². The van der Waals surface area contributed by atoms with Crippen molar-refractivity contribution in [2.75, 3.05) is 0 Å². The van der Waals surface area contributed by atoms with Crippen LogP contribution in [0.25, 0.3) is 0 Å². The van der Waals surface area contributed by atoms with Gasteiger partial charge in [0.25, 0.3) is 0 Å². The summed E-state index contributed by atoms with van der Waals surface area (Å²) in [5.41, 5.74) is 2.60. The molecular weight excluding hydrogens is 220 g/mol. The average molecular weight is 246 g/mol. The van der Waals surface area contributed by atoms with E-state index in [9.17, 15) is 0 Å². The molecule has 1 aliphatic carbocycles. The van der Waals surface area contributed by atoms with Crippen LogP contribution in [0.4, 0.5) is 0 Å². The zero-order chi connectivity index (χ0) is 13.0. The van der Waals surface area contributed by atoms with Crippen molar-refractivity contribution in [1.29, 1.82) is 0 Å². The molecule has 2 unspecified atom stereocenters. The maximum absolute atomic E-state index is 4.51. The van der Waals surface area contributed by atoms with Gasteiger partial charge in [-0.3, -0.25) is 4.98 Å². The molecule has 1 saturated carbocycles. The van der Waals surface area contributed by atoms with E-state index >= 15 is 0 Å². The van der Waals surface area contributed by atoms with Gasteiger partial charge in [-0.15, -0.1) is 0 Å². The number of hydrogen-bond donors (Lipinski definition) is 1. The molecule has 0 bridgehead atoms. The van der Waals surface area contributed by atoms with Crippen molar-refractivity contribution in [3.05, 3.63) is 29.6 Å². The van der Waals surface area contributed by atoms with Crippen LogP contribution in [-0.2, 0) is 13.0 Å². The molecule has 2 heteroatoms. The van der Waals surface area contributed by atoms with Gasteiger partial charge in [-0.25, -0.2) is 0 Å². The Bertz CT molecular complexity index is 365. The Kier molecular flexibility index (Phi) is 4.76. The van der Waals surface area contributed by atoms with Gasteiger partial charge in [-0.1, -0.05) is 26.8 Å². The summed E-state index contributed by atoms with van der Waals surface area (Å²) in [4.78, 5) is 4.51. The molecule has 1 heterocycles. The fourth-order valence-electron chi connectivity index (χ4n) is 3.31. The summed E-state index contributed by atoms with van der Waals surface area (Å²) in [6.07, 6.45) is 7.00. The molecule has 1 aromatic rings. The molecule has 0 saturated heterocycles. The molecule has 2 nitrogen and oxygen atoms in total. The number of aromatic nitrogens is 1. The fraction of sp³-hybridized carbons (Fsp3) is 0.688. The number of nitrogens with zero attached hydrogens (tertiary/aromatic N) is 1. The van der Waals surface area contributed by atoms with E-state index in [1.807, 2.05) is 12.3 Å². The van der Waals surface area contributed by atoms with Crippen LogP contribution in [0, 0.1) is 11.8 Å². The van der Waals surface area contributed by atoms with Crippen LogP contribution in [0.2, 0.25) is 0 Å². The molecule has 2 rings (SSSR count). The molecule has 100 valence electrons. The van der Waals surface area contributed by atoms with E-state index in [2.05, 4.69) is 37.1 Å². The van der Waals surface area contributed by atoms with Crippen LogP contribution >= 0.6 is 0 Å². The Hall–Kier alpha value is -0.890. The summed E-state index contributed by atoms with van der Waals surface area (Å²) >= 11 is 0. The molecule has 1 aliphatic rings. The Balaban J connectivity index is 1.91. The lowest BCUT2D eigenvalue weighted by atomic mass is 9.80. The predicted molar refractivity (Wildman–Crippen MR) is 76.4 cm³/mol. The van der Waals surface area contributed by atoms with E-state index in [0.29, 0.717) is 6.04 Å². The van der Waals surface area contributed by atoms with E-state index in [1.54, 1.807) is 0 Å². The van der Waals surface area contributed by atoms with Crippen LogP contribution in [0.5, 0.6) is 0 Å². The highest BCUT2D eigenvalue weighted by Gasteiger charge is 2.23. The zero-order valence-corrected chi connectivity index (χ0v) is 11.9. The van der Waals surface area contributed by atoms with Gasteiger partial charge in [0.2, 0.25) is 0 Å². The van der Waals surface area contributed by atoms with Crippen molar-refractivity contribution in [2.24, 2.45) is 11.8 Å². The first-order valence-electron chi connectivity index (χ1n) is 7.35. The Morgan fingerprint density at radius 1 is 1.22 bits per heavy atom. The van der Waals surface area contributed by atoms with Crippen LogP contribution < -0.4 is 5.32 Å². The largest absolute Gasteiger partial charge is 0.308 e. The molecule has 0 spiro atoms. The van der Waals surface area contributed by atoms with Gasteiger partial charge in [0.05, 0.1) is 5.69 Å². The first-order chi connectivity index (χ1) is 8.69. The summed E-state index contributed by atoms with van der Waals surface area (Å²) in [7, 11) is 0. The number of pyridine rings is 1. The van der Waals surface area contributed by atoms with Crippen molar-refractivity contribution in [2.45, 2.75) is 59.0 Å². The van der Waals surface area contributed by atoms with Gasteiger partial charge < -0.3 is 5.32 Å². The van der Waals surface area contributed by atoms with Crippen LogP contribution in [0.3, 0.4) is 0 Å². The minimum Gasteiger partial charge on any atom is -0.308 e. The van der Waals surface area contributed by atoms with E-state index in [-0.39, 0.29) is 0 Å². The molecule has 0 aliphatic heterocycles. The topological polar surface area (TPSA) is 24.9 Å². The number of rotatable bonds is 4. The van der Waals surface area contributed by atoms with E-state index < -0.39 is 0 Å². The second-order valence-electron chi connectivity index (χ2n) is 5.96. The lowest BCUT2D eigenvalue weighted by molar-refractivity contribution is 0.237. The standard InChI is InChI=1S/C16H26N2/c1-4-14-6-5-7-17-16(14)11-18-15-9-12(2)8-13(3)10-15/h5-7,12-13,15,18H,4,8-11H2,1-3H3. The summed E-state index contributed by atoms with van der Waals surface area (Å²) in [6, 6.07) is 4.90. The smallest absolute Gasteiger partial charge is 0.0573 e. The Morgan fingerprint density at radius 3 is 2.61 bits per heavy atom. The van der Waals surface area contributed by atoms with Crippen molar-refractivity contribution in [3.63, 3.8) is 0 Å². The molecule has 2 atom stereocenters. The third-order valence-electron chi connectivity index (χ3n) is 4.10. The van der Waals surface area contributed by atoms with Gasteiger partial charge in [0, 0.05) is 18.8 Å². The monoisotopic (exact) mass is 246 g/mol. The first kappa shape index (κ1) is 13.5. The highest BCUT2D eigenvalue weighted by molar-refractivity contribution is 5.19. The zero-order valence-electron chi connectivity index (χ0n) is 11.9. The summed E-state index contributed by atoms with van der Waals surface area (Å²) in [6.45, 7) is 7.88. The lowest BCUT2D eigenvalue weighted by Gasteiger charge is -2.32. The average Bonchev–Trinajstić information content (AvgIpc) is 2.35. The van der Waals surface area contributed by atoms with E-state index in [0.717, 1.165) is 24.8 Å². The normalized spacial score (nSPS) is 28.3. The summed E-state index contributed by atoms with van der Waals surface area (Å²) in [5, 5.41) is 3.71. The van der Waals surface area contributed by atoms with Crippen LogP contribution in [0.1, 0.15) is 51.3 Å². The van der Waals surface area contributed by atoms with Gasteiger partial charge in [0.1, 0.15) is 0 Å². The second-order valence-corrected chi connectivity index (χ2v) is 5.96. The predicted octanol–water partition coefficient (Wildman–Crippen LogP) is 3.56. The minimum atomic E-state index is 0.676. The van der Waals surface area contributed by atoms with E-state index in [4.69, 9.17) is 0 Å². The molecule has 18 heavy (non-hydrogen) atoms. The van der Waals surface area contributed by atoms with Gasteiger partial charge >= 0.3 is 0 Å². The maximum Gasteiger partial charge on any atom is 0.0573 e. The van der Waals surface area contributed by atoms with Crippen molar-refractivity contribution in [1.82, 2.24) is 10.3 Å². The second kappa shape index (κ2) is 6.33. The summed E-state index contributed by atoms with van der Waals surface area (Å²) < 4.78 is 0. The molecule has 0 radical (unpaired) electrons. The van der Waals surface area contributed by atoms with Crippen molar-refractivity contribution >= 4 is 0 Å². The van der Waals surface area contributed by atoms with Crippen molar-refractivity contribution < 1.29 is 0 Å². The SMILES string of the molecule is CCc1cccnc1CNC1CC(C)CC(C)C1. The van der Waals surface area contributed by atoms with E-state index in [1.165, 1.54) is 30.5 Å². The minimum absolute atomic E-state index is 0.676. The molecule has 1 N–H and O–H groups in total. The third kappa shape index (κ3) is 3.55. The number of aryl methyl sites for hydroxylation is 1. The third-order valence-corrected chi connectivity index (χ3v) is 4.10. The molecular formula is C16H26N2. The first-order valence-corrected chi connectivity index (χ1v) is 7.35. The Morgan fingerprint density at radius 2 is 1.94 bits per heavy atom. The fourth-order valence-corrected chi connectivity index (χ4v) is 3.31. The quantitative estimate of drug-likeness (QED) is 0.878. The van der Waals surface area contributed by atoms with Crippen LogP contribution in [0.15, 0.2) is 18.3 Å². The lowest BCUT2D eigenvalue weighted by Crippen LogP contribution is -2.36. The highest BCUT2D eigenvalue weighted by atomic mass is 14.9. The molecule has 1 aromatic heterocycles. The van der Waals surface area contributed by atoms with Crippen LogP contribution in [-0.4, -0.2) is 11.0 Å². The summed E-state index contributed by atoms with van der Waals surface area (Å²) in [5.74, 6) is 1.72. The number of hydrogen-bond acceptors (Lipinski definition) is 2. The van der Waals surface area contributed by atoms with Gasteiger partial charge in [0.15, 0.2) is 0 Å². The maximum atomic E-state index is 4.51. The molecule has 1 fully saturated rings. The van der Waals surface area contributed by atoms with Crippen molar-refractivity contribution in [3.8, 4) is 0 Å².